The van der Waals surface area contributed by atoms with E-state index in [4.69, 9.17) is 0 Å². The maximum Gasteiger partial charge on any atom is 0.251 e. The van der Waals surface area contributed by atoms with Crippen molar-refractivity contribution >= 4 is 5.78 Å². The fourth-order valence-electron chi connectivity index (χ4n) is 2.13. The Balaban J connectivity index is 2.13. The first-order chi connectivity index (χ1) is 9.60. The minimum absolute atomic E-state index is 0.0426. The van der Waals surface area contributed by atoms with Crippen LogP contribution in [0.5, 0.6) is 0 Å². The Morgan fingerprint density at radius 1 is 1.15 bits per heavy atom. The zero-order chi connectivity index (χ0) is 14.5. The first kappa shape index (κ1) is 14.3. The molecule has 0 unspecified atom stereocenters. The highest BCUT2D eigenvalue weighted by Gasteiger charge is 2.07. The van der Waals surface area contributed by atoms with Gasteiger partial charge in [-0.15, -0.1) is 0 Å². The van der Waals surface area contributed by atoms with Gasteiger partial charge in [0, 0.05) is 17.8 Å². The summed E-state index contributed by atoms with van der Waals surface area (Å²) < 4.78 is 1.44. The average Bonchev–Trinajstić information content (AvgIpc) is 2.43. The van der Waals surface area contributed by atoms with Crippen molar-refractivity contribution < 1.29 is 4.79 Å². The largest absolute Gasteiger partial charge is 0.308 e. The number of rotatable bonds is 5. The lowest BCUT2D eigenvalue weighted by atomic mass is 10.1. The third-order valence-corrected chi connectivity index (χ3v) is 3.28. The van der Waals surface area contributed by atoms with Crippen molar-refractivity contribution in [2.24, 2.45) is 0 Å². The number of carbonyl (C=O) groups is 1. The molecule has 0 atom stereocenters. The van der Waals surface area contributed by atoms with Gasteiger partial charge < -0.3 is 4.57 Å². The summed E-state index contributed by atoms with van der Waals surface area (Å²) in [7, 11) is 0. The van der Waals surface area contributed by atoms with E-state index in [1.54, 1.807) is 6.20 Å². The molecule has 3 heteroatoms. The first-order valence-electron chi connectivity index (χ1n) is 6.89. The van der Waals surface area contributed by atoms with Crippen molar-refractivity contribution in [2.45, 2.75) is 33.2 Å². The molecule has 0 saturated heterocycles. The molecule has 1 aromatic heterocycles. The molecular weight excluding hydrogens is 250 g/mol. The van der Waals surface area contributed by atoms with Crippen LogP contribution in [-0.2, 0) is 13.0 Å². The standard InChI is InChI=1S/C17H19NO2/c1-3-4-14-5-7-15(8-6-14)16(19)12-18-10-9-13(2)11-17(18)20/h5-11H,3-4,12H2,1-2H3. The van der Waals surface area contributed by atoms with Crippen LogP contribution in [0, 0.1) is 6.92 Å². The highest BCUT2D eigenvalue weighted by molar-refractivity contribution is 5.95. The van der Waals surface area contributed by atoms with Gasteiger partial charge in [-0.3, -0.25) is 9.59 Å². The number of pyridine rings is 1. The third kappa shape index (κ3) is 3.44. The van der Waals surface area contributed by atoms with Crippen molar-refractivity contribution in [3.63, 3.8) is 0 Å². The zero-order valence-corrected chi connectivity index (χ0v) is 11.9. The molecule has 104 valence electrons. The molecule has 2 rings (SSSR count). The quantitative estimate of drug-likeness (QED) is 0.783. The lowest BCUT2D eigenvalue weighted by Gasteiger charge is -2.06. The summed E-state index contributed by atoms with van der Waals surface area (Å²) in [4.78, 5) is 23.9. The number of hydrogen-bond acceptors (Lipinski definition) is 2. The molecule has 2 aromatic rings. The molecule has 0 amide bonds. The second-order valence-corrected chi connectivity index (χ2v) is 5.04. The van der Waals surface area contributed by atoms with Crippen molar-refractivity contribution in [1.29, 1.82) is 0 Å². The summed E-state index contributed by atoms with van der Waals surface area (Å²) in [5, 5.41) is 0. The van der Waals surface area contributed by atoms with Crippen LogP contribution < -0.4 is 5.56 Å². The number of carbonyl (C=O) groups excluding carboxylic acids is 1. The second-order valence-electron chi connectivity index (χ2n) is 5.04. The molecule has 1 heterocycles. The summed E-state index contributed by atoms with van der Waals surface area (Å²) in [5.41, 5.74) is 2.65. The highest BCUT2D eigenvalue weighted by atomic mass is 16.1. The normalized spacial score (nSPS) is 10.5. The molecule has 0 aliphatic carbocycles. The monoisotopic (exact) mass is 269 g/mol. The summed E-state index contributed by atoms with van der Waals surface area (Å²) in [6.07, 6.45) is 3.78. The molecule has 0 fully saturated rings. The Bertz CT molecular complexity index is 653. The van der Waals surface area contributed by atoms with E-state index in [1.165, 1.54) is 16.2 Å². The van der Waals surface area contributed by atoms with Gasteiger partial charge in [0.25, 0.3) is 5.56 Å². The molecule has 0 saturated carbocycles. The van der Waals surface area contributed by atoms with E-state index in [-0.39, 0.29) is 17.9 Å². The van der Waals surface area contributed by atoms with Gasteiger partial charge >= 0.3 is 0 Å². The van der Waals surface area contributed by atoms with Crippen molar-refractivity contribution in [3.8, 4) is 0 Å². The molecule has 0 N–H and O–H groups in total. The molecule has 0 radical (unpaired) electrons. The number of aromatic nitrogens is 1. The second kappa shape index (κ2) is 6.33. The summed E-state index contributed by atoms with van der Waals surface area (Å²) in [6, 6.07) is 11.0. The highest BCUT2D eigenvalue weighted by Crippen LogP contribution is 2.08. The Morgan fingerprint density at radius 3 is 2.45 bits per heavy atom. The number of aryl methyl sites for hydroxylation is 2. The van der Waals surface area contributed by atoms with Crippen LogP contribution in [0.4, 0.5) is 0 Å². The maximum atomic E-state index is 12.2. The number of hydrogen-bond donors (Lipinski definition) is 0. The topological polar surface area (TPSA) is 39.1 Å². The minimum Gasteiger partial charge on any atom is -0.308 e. The Morgan fingerprint density at radius 2 is 1.85 bits per heavy atom. The molecule has 0 bridgehead atoms. The summed E-state index contributed by atoms with van der Waals surface area (Å²) >= 11 is 0. The Labute approximate surface area is 118 Å². The van der Waals surface area contributed by atoms with Crippen LogP contribution in [0.25, 0.3) is 0 Å². The lowest BCUT2D eigenvalue weighted by Crippen LogP contribution is -2.23. The molecule has 20 heavy (non-hydrogen) atoms. The van der Waals surface area contributed by atoms with Crippen LogP contribution >= 0.6 is 0 Å². The number of Topliss-reactive ketones (excluding diaryl/α,β-unsaturated/α-hetero) is 1. The number of benzene rings is 1. The third-order valence-electron chi connectivity index (χ3n) is 3.28. The van der Waals surface area contributed by atoms with Crippen molar-refractivity contribution in [3.05, 3.63) is 69.6 Å². The summed E-state index contributed by atoms with van der Waals surface area (Å²) in [6.45, 7) is 4.08. The van der Waals surface area contributed by atoms with Gasteiger partial charge in [-0.1, -0.05) is 37.6 Å². The van der Waals surface area contributed by atoms with Crippen LogP contribution in [0.2, 0.25) is 0 Å². The van der Waals surface area contributed by atoms with Gasteiger partial charge in [0.2, 0.25) is 0 Å². The lowest BCUT2D eigenvalue weighted by molar-refractivity contribution is 0.0971. The van der Waals surface area contributed by atoms with Crippen LogP contribution in [-0.4, -0.2) is 10.4 Å². The van der Waals surface area contributed by atoms with Crippen LogP contribution in [0.1, 0.15) is 34.8 Å². The van der Waals surface area contributed by atoms with E-state index in [9.17, 15) is 9.59 Å². The first-order valence-corrected chi connectivity index (χ1v) is 6.89. The molecule has 0 spiro atoms. The van der Waals surface area contributed by atoms with Gasteiger partial charge in [-0.25, -0.2) is 0 Å². The molecule has 0 aliphatic rings. The van der Waals surface area contributed by atoms with E-state index in [0.29, 0.717) is 5.56 Å². The van der Waals surface area contributed by atoms with E-state index < -0.39 is 0 Å². The van der Waals surface area contributed by atoms with Crippen molar-refractivity contribution in [2.75, 3.05) is 0 Å². The van der Waals surface area contributed by atoms with E-state index in [0.717, 1.165) is 18.4 Å². The number of ketones is 1. The molecule has 3 nitrogen and oxygen atoms in total. The number of nitrogens with zero attached hydrogens (tertiary/aromatic N) is 1. The molecule has 1 aromatic carbocycles. The van der Waals surface area contributed by atoms with Gasteiger partial charge in [0.1, 0.15) is 0 Å². The maximum absolute atomic E-state index is 12.2. The Kier molecular flexibility index (Phi) is 4.51. The van der Waals surface area contributed by atoms with Gasteiger partial charge in [-0.05, 0) is 30.5 Å². The average molecular weight is 269 g/mol. The molecule has 0 aliphatic heterocycles. The van der Waals surface area contributed by atoms with Gasteiger partial charge in [0.05, 0.1) is 6.54 Å². The minimum atomic E-state index is -0.138. The van der Waals surface area contributed by atoms with Gasteiger partial charge in [0.15, 0.2) is 5.78 Å². The Hall–Kier alpha value is -2.16. The van der Waals surface area contributed by atoms with E-state index in [2.05, 4.69) is 6.92 Å². The molecular formula is C17H19NO2. The fraction of sp³-hybridized carbons (Fsp3) is 0.294. The van der Waals surface area contributed by atoms with Gasteiger partial charge in [-0.2, -0.15) is 0 Å². The predicted molar refractivity (Wildman–Crippen MR) is 80.2 cm³/mol. The van der Waals surface area contributed by atoms with E-state index in [1.807, 2.05) is 37.3 Å². The van der Waals surface area contributed by atoms with Crippen LogP contribution in [0.3, 0.4) is 0 Å². The van der Waals surface area contributed by atoms with E-state index >= 15 is 0 Å². The SMILES string of the molecule is CCCc1ccc(C(=O)Cn2ccc(C)cc2=O)cc1. The predicted octanol–water partition coefficient (Wildman–Crippen LogP) is 2.99. The smallest absolute Gasteiger partial charge is 0.251 e. The van der Waals surface area contributed by atoms with Crippen molar-refractivity contribution in [1.82, 2.24) is 4.57 Å². The zero-order valence-electron chi connectivity index (χ0n) is 11.9. The summed E-state index contributed by atoms with van der Waals surface area (Å²) in [5.74, 6) is -0.0426. The van der Waals surface area contributed by atoms with Crippen LogP contribution in [0.15, 0.2) is 47.4 Å². The fourth-order valence-corrected chi connectivity index (χ4v) is 2.13.